The molecule has 2 unspecified atom stereocenters. The van der Waals surface area contributed by atoms with Crippen LogP contribution in [-0.2, 0) is 23.9 Å². The van der Waals surface area contributed by atoms with Gasteiger partial charge in [0, 0.05) is 12.8 Å². The van der Waals surface area contributed by atoms with Crippen molar-refractivity contribution < 1.29 is 34.1 Å². The van der Waals surface area contributed by atoms with E-state index in [0.717, 1.165) is 51.4 Å². The summed E-state index contributed by atoms with van der Waals surface area (Å²) >= 11 is 0. The molecule has 0 radical (unpaired) electrons. The van der Waals surface area contributed by atoms with Crippen molar-refractivity contribution in [2.75, 3.05) is 13.2 Å². The average Bonchev–Trinajstić information content (AvgIpc) is 3.11. The number of rotatable bonds is 37. The Morgan fingerprint density at radius 3 is 1.61 bits per heavy atom. The van der Waals surface area contributed by atoms with Gasteiger partial charge in [0.2, 0.25) is 11.8 Å². The Bertz CT molecular complexity index is 921. The van der Waals surface area contributed by atoms with E-state index in [2.05, 4.69) is 48.8 Å². The smallest absolute Gasteiger partial charge is 0.328 e. The first kappa shape index (κ1) is 48.3. The van der Waals surface area contributed by atoms with Gasteiger partial charge in [0.05, 0.1) is 13.2 Å². The molecule has 9 nitrogen and oxygen atoms in total. The van der Waals surface area contributed by atoms with Crippen LogP contribution in [0.4, 0.5) is 0 Å². The molecular weight excluding hydrogens is 644 g/mol. The van der Waals surface area contributed by atoms with Crippen LogP contribution in [-0.4, -0.2) is 59.3 Å². The summed E-state index contributed by atoms with van der Waals surface area (Å²) in [6.45, 7) is 3.41. The number of esters is 1. The Balaban J connectivity index is 4.12. The topological polar surface area (TPSA) is 142 Å². The molecule has 9 heteroatoms. The summed E-state index contributed by atoms with van der Waals surface area (Å²) in [5.41, 5.74) is 0. The van der Waals surface area contributed by atoms with Crippen LogP contribution >= 0.6 is 0 Å². The van der Waals surface area contributed by atoms with Crippen molar-refractivity contribution in [1.82, 2.24) is 10.6 Å². The molecule has 0 aromatic carbocycles. The summed E-state index contributed by atoms with van der Waals surface area (Å²) in [6.07, 6.45) is 39.5. The van der Waals surface area contributed by atoms with Crippen LogP contribution in [0.25, 0.3) is 0 Å². The minimum atomic E-state index is -1.39. The second-order valence-corrected chi connectivity index (χ2v) is 14.1. The number of carbonyl (C=O) groups excluding carboxylic acids is 3. The normalized spacial score (nSPS) is 12.7. The molecular formula is C42H76N2O7. The molecule has 51 heavy (non-hydrogen) atoms. The molecule has 0 heterocycles. The second kappa shape index (κ2) is 37.1. The number of ether oxygens (including phenoxy) is 1. The maximum Gasteiger partial charge on any atom is 0.328 e. The Morgan fingerprint density at radius 2 is 1.06 bits per heavy atom. The number of carboxylic acid groups (broad SMARTS) is 1. The Hall–Kier alpha value is -2.68. The molecule has 0 aliphatic carbocycles. The SMILES string of the molecule is CCCCCC/C=C\C(CCCCCCC(=O)NCC(=O)NC(CO)C(=O)O)OC(=O)CCCCCCCCC/C=C\CCCCCCCCC. The molecule has 0 fully saturated rings. The molecule has 4 N–H and O–H groups in total. The highest BCUT2D eigenvalue weighted by Gasteiger charge is 2.18. The monoisotopic (exact) mass is 721 g/mol. The molecule has 0 rings (SSSR count). The van der Waals surface area contributed by atoms with Gasteiger partial charge in [0.25, 0.3) is 0 Å². The van der Waals surface area contributed by atoms with Gasteiger partial charge in [-0.25, -0.2) is 4.79 Å². The predicted molar refractivity (Wildman–Crippen MR) is 208 cm³/mol. The zero-order valence-electron chi connectivity index (χ0n) is 32.6. The van der Waals surface area contributed by atoms with Crippen molar-refractivity contribution in [3.05, 3.63) is 24.3 Å². The van der Waals surface area contributed by atoms with E-state index >= 15 is 0 Å². The molecule has 0 bridgehead atoms. The van der Waals surface area contributed by atoms with Crippen molar-refractivity contribution in [2.24, 2.45) is 0 Å². The summed E-state index contributed by atoms with van der Waals surface area (Å²) in [4.78, 5) is 47.4. The average molecular weight is 721 g/mol. The van der Waals surface area contributed by atoms with Gasteiger partial charge < -0.3 is 25.6 Å². The summed E-state index contributed by atoms with van der Waals surface area (Å²) in [5, 5.41) is 22.5. The number of carbonyl (C=O) groups is 4. The largest absolute Gasteiger partial charge is 0.480 e. The molecule has 2 atom stereocenters. The van der Waals surface area contributed by atoms with Gasteiger partial charge in [-0.05, 0) is 70.3 Å². The number of aliphatic carboxylic acids is 1. The standard InChI is InChI=1S/C42H76N2O7/c1-3-5-7-9-11-12-13-14-15-16-17-18-19-20-21-22-24-30-34-41(48)51-37(31-27-23-10-8-6-4-2)32-28-25-26-29-33-39(46)43-35-40(47)44-38(36-45)42(49)50/h15-16,27,31,37-38,45H,3-14,17-26,28-30,32-36H2,1-2H3,(H,43,46)(H,44,47)(H,49,50)/b16-15-,31-27-. The van der Waals surface area contributed by atoms with E-state index in [1.807, 2.05) is 0 Å². The molecule has 0 aromatic heterocycles. The second-order valence-electron chi connectivity index (χ2n) is 14.1. The van der Waals surface area contributed by atoms with E-state index in [0.29, 0.717) is 12.8 Å². The van der Waals surface area contributed by atoms with Crippen LogP contribution < -0.4 is 10.6 Å². The molecule has 0 aliphatic rings. The van der Waals surface area contributed by atoms with Crippen LogP contribution in [0.2, 0.25) is 0 Å². The van der Waals surface area contributed by atoms with Crippen molar-refractivity contribution >= 4 is 23.8 Å². The van der Waals surface area contributed by atoms with Crippen molar-refractivity contribution in [1.29, 1.82) is 0 Å². The van der Waals surface area contributed by atoms with E-state index in [4.69, 9.17) is 14.9 Å². The van der Waals surface area contributed by atoms with Gasteiger partial charge in [-0.15, -0.1) is 0 Å². The first-order valence-electron chi connectivity index (χ1n) is 20.7. The van der Waals surface area contributed by atoms with Gasteiger partial charge in [-0.1, -0.05) is 135 Å². The van der Waals surface area contributed by atoms with Crippen LogP contribution in [0.1, 0.15) is 194 Å². The van der Waals surface area contributed by atoms with Crippen LogP contribution in [0.15, 0.2) is 24.3 Å². The molecule has 0 saturated carbocycles. The lowest BCUT2D eigenvalue weighted by Crippen LogP contribution is -2.47. The van der Waals surface area contributed by atoms with Crippen LogP contribution in [0.5, 0.6) is 0 Å². The van der Waals surface area contributed by atoms with Gasteiger partial charge in [-0.2, -0.15) is 0 Å². The molecule has 2 amide bonds. The van der Waals surface area contributed by atoms with Crippen molar-refractivity contribution in [3.8, 4) is 0 Å². The quantitative estimate of drug-likeness (QED) is 0.0284. The third-order valence-electron chi connectivity index (χ3n) is 9.16. The van der Waals surface area contributed by atoms with Gasteiger partial charge in [-0.3, -0.25) is 14.4 Å². The van der Waals surface area contributed by atoms with E-state index in [9.17, 15) is 19.2 Å². The van der Waals surface area contributed by atoms with E-state index in [1.165, 1.54) is 109 Å². The zero-order valence-corrected chi connectivity index (χ0v) is 32.6. The Labute approximate surface area is 311 Å². The maximum absolute atomic E-state index is 12.7. The van der Waals surface area contributed by atoms with Crippen molar-refractivity contribution in [2.45, 2.75) is 206 Å². The number of aliphatic hydroxyl groups excluding tert-OH is 1. The Kier molecular flexibility index (Phi) is 35.1. The molecule has 0 aromatic rings. The first-order valence-corrected chi connectivity index (χ1v) is 20.7. The van der Waals surface area contributed by atoms with Gasteiger partial charge >= 0.3 is 11.9 Å². The van der Waals surface area contributed by atoms with Crippen LogP contribution in [0, 0.1) is 0 Å². The van der Waals surface area contributed by atoms with Crippen molar-refractivity contribution in [3.63, 3.8) is 0 Å². The number of aliphatic hydroxyl groups is 1. The van der Waals surface area contributed by atoms with Crippen LogP contribution in [0.3, 0.4) is 0 Å². The highest BCUT2D eigenvalue weighted by Crippen LogP contribution is 2.15. The molecule has 296 valence electrons. The fourth-order valence-corrected chi connectivity index (χ4v) is 5.91. The lowest BCUT2D eigenvalue weighted by Gasteiger charge is -2.15. The first-order chi connectivity index (χ1) is 24.8. The molecule has 0 aliphatic heterocycles. The molecule has 0 saturated heterocycles. The number of allylic oxidation sites excluding steroid dienone is 3. The Morgan fingerprint density at radius 1 is 0.588 bits per heavy atom. The van der Waals surface area contributed by atoms with E-state index < -0.39 is 24.5 Å². The lowest BCUT2D eigenvalue weighted by molar-refractivity contribution is -0.147. The number of amides is 2. The fourth-order valence-electron chi connectivity index (χ4n) is 5.91. The number of carboxylic acids is 1. The van der Waals surface area contributed by atoms with Gasteiger partial charge in [0.1, 0.15) is 12.1 Å². The fraction of sp³-hybridized carbons (Fsp3) is 0.810. The summed E-state index contributed by atoms with van der Waals surface area (Å²) in [7, 11) is 0. The highest BCUT2D eigenvalue weighted by molar-refractivity contribution is 5.87. The van der Waals surface area contributed by atoms with E-state index in [-0.39, 0.29) is 30.9 Å². The lowest BCUT2D eigenvalue weighted by atomic mass is 10.1. The molecule has 0 spiro atoms. The number of nitrogens with one attached hydrogen (secondary N) is 2. The maximum atomic E-state index is 12.7. The summed E-state index contributed by atoms with van der Waals surface area (Å²) in [5.74, 6) is -2.40. The predicted octanol–water partition coefficient (Wildman–Crippen LogP) is 9.65. The highest BCUT2D eigenvalue weighted by atomic mass is 16.5. The summed E-state index contributed by atoms with van der Waals surface area (Å²) in [6, 6.07) is -1.39. The minimum Gasteiger partial charge on any atom is -0.480 e. The van der Waals surface area contributed by atoms with E-state index in [1.54, 1.807) is 0 Å². The minimum absolute atomic E-state index is 0.117. The zero-order chi connectivity index (χ0) is 37.6. The van der Waals surface area contributed by atoms with Gasteiger partial charge in [0.15, 0.2) is 0 Å². The number of hydrogen-bond acceptors (Lipinski definition) is 6. The number of hydrogen-bond donors (Lipinski definition) is 4. The number of unbranched alkanes of at least 4 members (excludes halogenated alkanes) is 21. The third kappa shape index (κ3) is 34.2. The third-order valence-corrected chi connectivity index (χ3v) is 9.16. The summed E-state index contributed by atoms with van der Waals surface area (Å²) < 4.78 is 5.87.